The number of aromatic nitrogens is 2. The van der Waals surface area contributed by atoms with Crippen molar-refractivity contribution in [3.63, 3.8) is 0 Å². The van der Waals surface area contributed by atoms with Crippen molar-refractivity contribution in [2.45, 2.75) is 31.8 Å². The van der Waals surface area contributed by atoms with E-state index in [-0.39, 0.29) is 6.04 Å². The maximum atomic E-state index is 6.14. The molecule has 0 amide bonds. The third-order valence-corrected chi connectivity index (χ3v) is 3.87. The number of hydrogen-bond donors (Lipinski definition) is 2. The molecular formula is C12H20N4O. The largest absolute Gasteiger partial charge is 0.379 e. The van der Waals surface area contributed by atoms with Gasteiger partial charge in [-0.1, -0.05) is 0 Å². The molecule has 3 rings (SSSR count). The van der Waals surface area contributed by atoms with E-state index in [0.29, 0.717) is 6.04 Å². The zero-order valence-electron chi connectivity index (χ0n) is 10.3. The second-order valence-electron chi connectivity index (χ2n) is 5.07. The van der Waals surface area contributed by atoms with Gasteiger partial charge in [0.2, 0.25) is 0 Å². The summed E-state index contributed by atoms with van der Waals surface area (Å²) in [6.45, 7) is 5.77. The van der Waals surface area contributed by atoms with Crippen LogP contribution in [0.25, 0.3) is 0 Å². The van der Waals surface area contributed by atoms with Crippen molar-refractivity contribution in [2.75, 3.05) is 26.3 Å². The standard InChI is InChI=1S/C12H20N4O/c1-8-12-10(15-14-8)6-9(13)7-11(12)16-2-4-17-5-3-16/h9,11H,2-7,13H2,1H3,(H,14,15). The van der Waals surface area contributed by atoms with Crippen LogP contribution in [0.5, 0.6) is 0 Å². The second kappa shape index (κ2) is 4.40. The van der Waals surface area contributed by atoms with E-state index < -0.39 is 0 Å². The molecule has 1 saturated heterocycles. The van der Waals surface area contributed by atoms with Gasteiger partial charge in [0.05, 0.1) is 18.9 Å². The Labute approximate surface area is 101 Å². The lowest BCUT2D eigenvalue weighted by Gasteiger charge is -2.38. The molecule has 0 aromatic carbocycles. The van der Waals surface area contributed by atoms with E-state index in [1.807, 2.05) is 0 Å². The van der Waals surface area contributed by atoms with Gasteiger partial charge >= 0.3 is 0 Å². The Bertz CT molecular complexity index is 397. The van der Waals surface area contributed by atoms with Crippen LogP contribution in [0.1, 0.15) is 29.4 Å². The number of nitrogens with two attached hydrogens (primary N) is 1. The number of ether oxygens (including phenoxy) is 1. The first-order chi connectivity index (χ1) is 8.25. The molecule has 1 fully saturated rings. The van der Waals surface area contributed by atoms with Gasteiger partial charge in [0.25, 0.3) is 0 Å². The first kappa shape index (κ1) is 11.2. The molecule has 1 aliphatic heterocycles. The number of morpholine rings is 1. The minimum absolute atomic E-state index is 0.234. The van der Waals surface area contributed by atoms with Crippen LogP contribution in [-0.2, 0) is 11.2 Å². The lowest BCUT2D eigenvalue weighted by atomic mass is 9.87. The van der Waals surface area contributed by atoms with Crippen molar-refractivity contribution in [1.82, 2.24) is 15.1 Å². The number of rotatable bonds is 1. The third-order valence-electron chi connectivity index (χ3n) is 3.87. The Hall–Kier alpha value is -0.910. The third kappa shape index (κ3) is 1.99. The Morgan fingerprint density at radius 3 is 2.94 bits per heavy atom. The van der Waals surface area contributed by atoms with Crippen LogP contribution in [0.2, 0.25) is 0 Å². The van der Waals surface area contributed by atoms with Gasteiger partial charge in [0.1, 0.15) is 0 Å². The van der Waals surface area contributed by atoms with Crippen molar-refractivity contribution >= 4 is 0 Å². The summed E-state index contributed by atoms with van der Waals surface area (Å²) in [5.41, 5.74) is 9.89. The summed E-state index contributed by atoms with van der Waals surface area (Å²) in [5.74, 6) is 0. The Kier molecular flexibility index (Phi) is 2.90. The van der Waals surface area contributed by atoms with Crippen LogP contribution >= 0.6 is 0 Å². The zero-order chi connectivity index (χ0) is 11.8. The lowest BCUT2D eigenvalue weighted by Crippen LogP contribution is -2.44. The molecule has 2 unspecified atom stereocenters. The average Bonchev–Trinajstić information content (AvgIpc) is 2.71. The zero-order valence-corrected chi connectivity index (χ0v) is 10.3. The predicted molar refractivity (Wildman–Crippen MR) is 64.8 cm³/mol. The first-order valence-electron chi connectivity index (χ1n) is 6.37. The fourth-order valence-electron chi connectivity index (χ4n) is 3.04. The molecule has 2 heterocycles. The highest BCUT2D eigenvalue weighted by Crippen LogP contribution is 2.35. The molecule has 3 N–H and O–H groups in total. The molecule has 0 bridgehead atoms. The Balaban J connectivity index is 1.90. The number of nitrogens with one attached hydrogen (secondary N) is 1. The van der Waals surface area contributed by atoms with Crippen LogP contribution in [-0.4, -0.2) is 47.4 Å². The van der Waals surface area contributed by atoms with Crippen molar-refractivity contribution in [1.29, 1.82) is 0 Å². The molecule has 0 saturated carbocycles. The van der Waals surface area contributed by atoms with E-state index in [9.17, 15) is 0 Å². The van der Waals surface area contributed by atoms with E-state index in [0.717, 1.165) is 44.8 Å². The molecule has 2 aliphatic rings. The molecule has 5 nitrogen and oxygen atoms in total. The van der Waals surface area contributed by atoms with Crippen LogP contribution in [0.3, 0.4) is 0 Å². The summed E-state index contributed by atoms with van der Waals surface area (Å²) >= 11 is 0. The first-order valence-corrected chi connectivity index (χ1v) is 6.37. The van der Waals surface area contributed by atoms with Gasteiger partial charge < -0.3 is 10.5 Å². The Morgan fingerprint density at radius 1 is 1.41 bits per heavy atom. The number of aromatic amines is 1. The van der Waals surface area contributed by atoms with Crippen molar-refractivity contribution < 1.29 is 4.74 Å². The Morgan fingerprint density at radius 2 is 2.18 bits per heavy atom. The van der Waals surface area contributed by atoms with Gasteiger partial charge in [-0.25, -0.2) is 0 Å². The summed E-state index contributed by atoms with van der Waals surface area (Å²) in [5, 5.41) is 7.49. The highest BCUT2D eigenvalue weighted by molar-refractivity contribution is 5.31. The predicted octanol–water partition coefficient (Wildman–Crippen LogP) is 0.365. The summed E-state index contributed by atoms with van der Waals surface area (Å²) < 4.78 is 5.42. The minimum atomic E-state index is 0.234. The SMILES string of the molecule is Cc1[nH]nc2c1C(N1CCOCC1)CC(N)C2. The van der Waals surface area contributed by atoms with Crippen LogP contribution in [0.4, 0.5) is 0 Å². The number of nitrogens with zero attached hydrogens (tertiary/aromatic N) is 2. The van der Waals surface area contributed by atoms with E-state index in [1.54, 1.807) is 0 Å². The van der Waals surface area contributed by atoms with Crippen molar-refractivity contribution in [3.05, 3.63) is 17.0 Å². The summed E-state index contributed by atoms with van der Waals surface area (Å²) in [6.07, 6.45) is 1.94. The topological polar surface area (TPSA) is 67.2 Å². The molecule has 5 heteroatoms. The van der Waals surface area contributed by atoms with Crippen molar-refractivity contribution in [3.8, 4) is 0 Å². The maximum absolute atomic E-state index is 6.14. The fourth-order valence-corrected chi connectivity index (χ4v) is 3.04. The smallest absolute Gasteiger partial charge is 0.0688 e. The van der Waals surface area contributed by atoms with Crippen LogP contribution in [0, 0.1) is 6.92 Å². The summed E-state index contributed by atoms with van der Waals surface area (Å²) in [7, 11) is 0. The monoisotopic (exact) mass is 236 g/mol. The van der Waals surface area contributed by atoms with E-state index in [4.69, 9.17) is 10.5 Å². The maximum Gasteiger partial charge on any atom is 0.0688 e. The quantitative estimate of drug-likeness (QED) is 0.739. The molecule has 2 atom stereocenters. The van der Waals surface area contributed by atoms with Crippen molar-refractivity contribution in [2.24, 2.45) is 5.73 Å². The summed E-state index contributed by atoms with van der Waals surface area (Å²) in [4.78, 5) is 2.49. The summed E-state index contributed by atoms with van der Waals surface area (Å²) in [6, 6.07) is 0.662. The van der Waals surface area contributed by atoms with E-state index >= 15 is 0 Å². The molecule has 1 aliphatic carbocycles. The number of H-pyrrole nitrogens is 1. The average molecular weight is 236 g/mol. The molecule has 0 spiro atoms. The van der Waals surface area contributed by atoms with E-state index in [1.165, 1.54) is 11.3 Å². The molecule has 1 aromatic heterocycles. The van der Waals surface area contributed by atoms with Gasteiger partial charge in [-0.15, -0.1) is 0 Å². The number of hydrogen-bond acceptors (Lipinski definition) is 4. The number of aryl methyl sites for hydroxylation is 1. The second-order valence-corrected chi connectivity index (χ2v) is 5.07. The number of fused-ring (bicyclic) bond motifs is 1. The molecule has 1 aromatic rings. The van der Waals surface area contributed by atoms with Gasteiger partial charge in [0, 0.05) is 42.9 Å². The molecular weight excluding hydrogens is 216 g/mol. The normalized spacial score (nSPS) is 30.2. The van der Waals surface area contributed by atoms with E-state index in [2.05, 4.69) is 22.0 Å². The van der Waals surface area contributed by atoms with Gasteiger partial charge in [0.15, 0.2) is 0 Å². The van der Waals surface area contributed by atoms with Crippen LogP contribution < -0.4 is 5.73 Å². The molecule has 0 radical (unpaired) electrons. The molecule has 17 heavy (non-hydrogen) atoms. The molecule has 94 valence electrons. The highest BCUT2D eigenvalue weighted by Gasteiger charge is 2.33. The van der Waals surface area contributed by atoms with Gasteiger partial charge in [-0.2, -0.15) is 5.10 Å². The lowest BCUT2D eigenvalue weighted by molar-refractivity contribution is 0.0110. The highest BCUT2D eigenvalue weighted by atomic mass is 16.5. The van der Waals surface area contributed by atoms with Gasteiger partial charge in [-0.05, 0) is 13.3 Å². The van der Waals surface area contributed by atoms with Gasteiger partial charge in [-0.3, -0.25) is 10.00 Å². The fraction of sp³-hybridized carbons (Fsp3) is 0.750. The van der Waals surface area contributed by atoms with Crippen LogP contribution in [0.15, 0.2) is 0 Å². The minimum Gasteiger partial charge on any atom is -0.379 e.